The quantitative estimate of drug-likeness (QED) is 0.675. The lowest BCUT2D eigenvalue weighted by molar-refractivity contribution is 0.287. The van der Waals surface area contributed by atoms with Gasteiger partial charge in [-0.2, -0.15) is 0 Å². The number of halogens is 2. The van der Waals surface area contributed by atoms with Crippen LogP contribution in [0.2, 0.25) is 0 Å². The summed E-state index contributed by atoms with van der Waals surface area (Å²) in [5, 5.41) is 5.69. The van der Waals surface area contributed by atoms with Crippen molar-refractivity contribution in [3.05, 3.63) is 53.6 Å². The fraction of sp³-hybridized carbons (Fsp3) is 0.316. The van der Waals surface area contributed by atoms with E-state index < -0.39 is 11.6 Å². The van der Waals surface area contributed by atoms with Crippen LogP contribution < -0.4 is 20.1 Å². The first-order valence-corrected chi connectivity index (χ1v) is 8.78. The van der Waals surface area contributed by atoms with E-state index in [9.17, 15) is 8.78 Å². The second kappa shape index (κ2) is 9.33. The van der Waals surface area contributed by atoms with Crippen molar-refractivity contribution in [1.29, 1.82) is 0 Å². The molecule has 0 aliphatic heterocycles. The Hall–Kier alpha value is -2.41. The Balaban J connectivity index is 2.10. The van der Waals surface area contributed by atoms with Crippen molar-refractivity contribution in [2.24, 2.45) is 0 Å². The number of ether oxygens (including phenoxy) is 2. The van der Waals surface area contributed by atoms with Gasteiger partial charge >= 0.3 is 0 Å². The summed E-state index contributed by atoms with van der Waals surface area (Å²) in [7, 11) is 0. The minimum atomic E-state index is -0.707. The van der Waals surface area contributed by atoms with E-state index in [4.69, 9.17) is 21.7 Å². The van der Waals surface area contributed by atoms with Gasteiger partial charge in [0.05, 0.1) is 19.3 Å². The van der Waals surface area contributed by atoms with Gasteiger partial charge in [-0.3, -0.25) is 0 Å². The van der Waals surface area contributed by atoms with Gasteiger partial charge in [0.15, 0.2) is 16.6 Å². The second-order valence-electron chi connectivity index (χ2n) is 5.49. The van der Waals surface area contributed by atoms with E-state index >= 15 is 0 Å². The minimum absolute atomic E-state index is 0.119. The number of rotatable bonds is 7. The molecule has 0 heterocycles. The Morgan fingerprint density at radius 3 is 2.27 bits per heavy atom. The average Bonchev–Trinajstić information content (AvgIpc) is 2.60. The number of anilines is 1. The second-order valence-corrected chi connectivity index (χ2v) is 5.90. The molecular weight excluding hydrogens is 358 g/mol. The summed E-state index contributed by atoms with van der Waals surface area (Å²) >= 11 is 5.17. The molecule has 2 aromatic carbocycles. The molecule has 0 spiro atoms. The molecule has 2 N–H and O–H groups in total. The lowest BCUT2D eigenvalue weighted by Gasteiger charge is -2.19. The van der Waals surface area contributed by atoms with Crippen molar-refractivity contribution < 1.29 is 18.3 Å². The minimum Gasteiger partial charge on any atom is -0.490 e. The van der Waals surface area contributed by atoms with E-state index in [1.165, 1.54) is 6.07 Å². The summed E-state index contributed by atoms with van der Waals surface area (Å²) in [4.78, 5) is 0. The van der Waals surface area contributed by atoms with Gasteiger partial charge in [-0.05, 0) is 62.8 Å². The number of para-hydroxylation sites is 1. The lowest BCUT2D eigenvalue weighted by atomic mass is 10.1. The van der Waals surface area contributed by atoms with Gasteiger partial charge in [-0.15, -0.1) is 0 Å². The van der Waals surface area contributed by atoms with Gasteiger partial charge in [-0.25, -0.2) is 8.78 Å². The van der Waals surface area contributed by atoms with Crippen LogP contribution in [-0.2, 0) is 0 Å². The van der Waals surface area contributed by atoms with Gasteiger partial charge in [0.2, 0.25) is 0 Å². The Bertz CT molecular complexity index is 751. The van der Waals surface area contributed by atoms with Gasteiger partial charge in [-0.1, -0.05) is 12.1 Å². The average molecular weight is 380 g/mol. The Morgan fingerprint density at radius 2 is 1.65 bits per heavy atom. The normalized spacial score (nSPS) is 11.6. The SMILES string of the molecule is CCOc1ccc([C@@H](C)NC(=S)Nc2c(F)cccc2F)cc1OCC. The lowest BCUT2D eigenvalue weighted by Crippen LogP contribution is -2.31. The first-order valence-electron chi connectivity index (χ1n) is 8.37. The van der Waals surface area contributed by atoms with E-state index in [0.717, 1.165) is 17.7 Å². The van der Waals surface area contributed by atoms with Crippen LogP contribution in [0.3, 0.4) is 0 Å². The summed E-state index contributed by atoms with van der Waals surface area (Å²) in [5.74, 6) is -0.109. The van der Waals surface area contributed by atoms with Crippen LogP contribution in [0, 0.1) is 11.6 Å². The number of nitrogens with one attached hydrogen (secondary N) is 2. The van der Waals surface area contributed by atoms with Crippen LogP contribution in [0.4, 0.5) is 14.5 Å². The molecular formula is C19H22F2N2O2S. The summed E-state index contributed by atoms with van der Waals surface area (Å²) in [5.41, 5.74) is 0.619. The van der Waals surface area contributed by atoms with Crippen molar-refractivity contribution >= 4 is 23.0 Å². The van der Waals surface area contributed by atoms with E-state index in [0.29, 0.717) is 24.7 Å². The smallest absolute Gasteiger partial charge is 0.171 e. The van der Waals surface area contributed by atoms with Gasteiger partial charge < -0.3 is 20.1 Å². The fourth-order valence-corrected chi connectivity index (χ4v) is 2.66. The first kappa shape index (κ1) is 19.9. The van der Waals surface area contributed by atoms with Gasteiger partial charge in [0.1, 0.15) is 17.3 Å². The van der Waals surface area contributed by atoms with E-state index in [2.05, 4.69) is 10.6 Å². The Morgan fingerprint density at radius 1 is 1.04 bits per heavy atom. The summed E-state index contributed by atoms with van der Waals surface area (Å²) in [6, 6.07) is 8.99. The molecule has 0 amide bonds. The molecule has 26 heavy (non-hydrogen) atoms. The van der Waals surface area contributed by atoms with Crippen molar-refractivity contribution in [2.45, 2.75) is 26.8 Å². The molecule has 2 rings (SSSR count). The highest BCUT2D eigenvalue weighted by molar-refractivity contribution is 7.80. The van der Waals surface area contributed by atoms with Crippen molar-refractivity contribution in [3.8, 4) is 11.5 Å². The number of hydrogen-bond donors (Lipinski definition) is 2. The predicted molar refractivity (Wildman–Crippen MR) is 103 cm³/mol. The third-order valence-corrected chi connectivity index (χ3v) is 3.84. The van der Waals surface area contributed by atoms with Gasteiger partial charge in [0, 0.05) is 0 Å². The molecule has 0 unspecified atom stereocenters. The van der Waals surface area contributed by atoms with Crippen molar-refractivity contribution in [3.63, 3.8) is 0 Å². The maximum Gasteiger partial charge on any atom is 0.171 e. The topological polar surface area (TPSA) is 42.5 Å². The Labute approximate surface area is 157 Å². The summed E-state index contributed by atoms with van der Waals surface area (Å²) < 4.78 is 38.6. The van der Waals surface area contributed by atoms with Crippen molar-refractivity contribution in [1.82, 2.24) is 5.32 Å². The fourth-order valence-electron chi connectivity index (χ4n) is 2.38. The third kappa shape index (κ3) is 5.05. The molecule has 0 bridgehead atoms. The maximum atomic E-state index is 13.7. The van der Waals surface area contributed by atoms with Crippen LogP contribution in [0.15, 0.2) is 36.4 Å². The molecule has 0 saturated heterocycles. The third-order valence-electron chi connectivity index (χ3n) is 3.62. The Kier molecular flexibility index (Phi) is 7.15. The highest BCUT2D eigenvalue weighted by atomic mass is 32.1. The zero-order valence-corrected chi connectivity index (χ0v) is 15.8. The monoisotopic (exact) mass is 380 g/mol. The molecule has 0 aliphatic rings. The van der Waals surface area contributed by atoms with Gasteiger partial charge in [0.25, 0.3) is 0 Å². The van der Waals surface area contributed by atoms with Crippen LogP contribution >= 0.6 is 12.2 Å². The first-order chi connectivity index (χ1) is 12.5. The molecule has 0 aliphatic carbocycles. The molecule has 140 valence electrons. The molecule has 4 nitrogen and oxygen atoms in total. The molecule has 0 saturated carbocycles. The zero-order chi connectivity index (χ0) is 19.1. The maximum absolute atomic E-state index is 13.7. The summed E-state index contributed by atoms with van der Waals surface area (Å²) in [6.07, 6.45) is 0. The van der Waals surface area contributed by atoms with Crippen LogP contribution in [-0.4, -0.2) is 18.3 Å². The molecule has 0 radical (unpaired) electrons. The standard InChI is InChI=1S/C19H22F2N2O2S/c1-4-24-16-10-9-13(11-17(16)25-5-2)12(3)22-19(26)23-18-14(20)7-6-8-15(18)21/h6-12H,4-5H2,1-3H3,(H2,22,23,26)/t12-/m1/s1. The molecule has 0 aromatic heterocycles. The molecule has 2 aromatic rings. The number of benzene rings is 2. The van der Waals surface area contributed by atoms with E-state index in [1.807, 2.05) is 39.0 Å². The van der Waals surface area contributed by atoms with Crippen LogP contribution in [0.25, 0.3) is 0 Å². The van der Waals surface area contributed by atoms with Crippen LogP contribution in [0.1, 0.15) is 32.4 Å². The highest BCUT2D eigenvalue weighted by Gasteiger charge is 2.14. The molecule has 0 fully saturated rings. The molecule has 1 atom stereocenters. The van der Waals surface area contributed by atoms with E-state index in [-0.39, 0.29) is 16.8 Å². The largest absolute Gasteiger partial charge is 0.490 e. The van der Waals surface area contributed by atoms with E-state index in [1.54, 1.807) is 0 Å². The predicted octanol–water partition coefficient (Wildman–Crippen LogP) is 4.81. The van der Waals surface area contributed by atoms with Crippen molar-refractivity contribution in [2.75, 3.05) is 18.5 Å². The number of thiocarbonyl (C=S) groups is 1. The zero-order valence-electron chi connectivity index (χ0n) is 14.9. The number of hydrogen-bond acceptors (Lipinski definition) is 3. The summed E-state index contributed by atoms with van der Waals surface area (Å²) in [6.45, 7) is 6.73. The molecule has 7 heteroatoms. The highest BCUT2D eigenvalue weighted by Crippen LogP contribution is 2.30. The van der Waals surface area contributed by atoms with Crippen LogP contribution in [0.5, 0.6) is 11.5 Å².